The molecule has 0 atom stereocenters. The van der Waals surface area contributed by atoms with Crippen LogP contribution in [0.3, 0.4) is 0 Å². The molecular formula is C7H13ClO2. The molecule has 1 rings (SSSR count). The third-order valence-electron chi connectivity index (χ3n) is 1.71. The Kier molecular flexibility index (Phi) is 2.96. The van der Waals surface area contributed by atoms with Crippen LogP contribution in [0.2, 0.25) is 0 Å². The maximum Gasteiger partial charge on any atom is 0.0578 e. The lowest BCUT2D eigenvalue weighted by Crippen LogP contribution is -2.47. The summed E-state index contributed by atoms with van der Waals surface area (Å²) < 4.78 is 10.3. The molecule has 0 aliphatic carbocycles. The first-order chi connectivity index (χ1) is 4.83. The van der Waals surface area contributed by atoms with Gasteiger partial charge in [0.15, 0.2) is 0 Å². The third kappa shape index (κ3) is 1.62. The molecule has 0 spiro atoms. The van der Waals surface area contributed by atoms with Gasteiger partial charge >= 0.3 is 0 Å². The predicted octanol–water partition coefficient (Wildman–Crippen LogP) is 1.28. The smallest absolute Gasteiger partial charge is 0.0578 e. The van der Waals surface area contributed by atoms with Crippen LogP contribution in [-0.4, -0.2) is 32.3 Å². The van der Waals surface area contributed by atoms with Gasteiger partial charge in [-0.2, -0.15) is 0 Å². The Morgan fingerprint density at radius 2 is 2.30 bits per heavy atom. The van der Waals surface area contributed by atoms with E-state index < -0.39 is 0 Å². The molecule has 60 valence electrons. The van der Waals surface area contributed by atoms with Crippen LogP contribution in [0, 0.1) is 5.41 Å². The highest BCUT2D eigenvalue weighted by Crippen LogP contribution is 2.28. The molecule has 1 fully saturated rings. The van der Waals surface area contributed by atoms with Crippen LogP contribution in [0.25, 0.3) is 0 Å². The molecule has 0 saturated carbocycles. The lowest BCUT2D eigenvalue weighted by atomic mass is 9.90. The zero-order chi connectivity index (χ0) is 7.45. The lowest BCUT2D eigenvalue weighted by molar-refractivity contribution is -0.134. The van der Waals surface area contributed by atoms with E-state index in [1.165, 1.54) is 0 Å². The van der Waals surface area contributed by atoms with E-state index >= 15 is 0 Å². The van der Waals surface area contributed by atoms with Crippen molar-refractivity contribution in [1.29, 1.82) is 0 Å². The second-order valence-corrected chi connectivity index (χ2v) is 3.03. The van der Waals surface area contributed by atoms with E-state index in [-0.39, 0.29) is 5.41 Å². The zero-order valence-electron chi connectivity index (χ0n) is 6.23. The Morgan fingerprint density at radius 1 is 1.60 bits per heavy atom. The standard InChI is InChI=1S/C7H13ClO2/c1-2-9-4-7(3-8)5-10-6-7/h2-6H2,1H3. The predicted molar refractivity (Wildman–Crippen MR) is 40.5 cm³/mol. The van der Waals surface area contributed by atoms with Crippen LogP contribution in [-0.2, 0) is 9.47 Å². The molecule has 2 nitrogen and oxygen atoms in total. The average molecular weight is 165 g/mol. The van der Waals surface area contributed by atoms with Gasteiger partial charge in [0, 0.05) is 12.5 Å². The van der Waals surface area contributed by atoms with E-state index in [1.54, 1.807) is 0 Å². The van der Waals surface area contributed by atoms with E-state index in [9.17, 15) is 0 Å². The van der Waals surface area contributed by atoms with Gasteiger partial charge in [0.2, 0.25) is 0 Å². The highest BCUT2D eigenvalue weighted by Gasteiger charge is 2.37. The fourth-order valence-corrected chi connectivity index (χ4v) is 1.14. The highest BCUT2D eigenvalue weighted by atomic mass is 35.5. The van der Waals surface area contributed by atoms with Gasteiger partial charge in [-0.25, -0.2) is 0 Å². The largest absolute Gasteiger partial charge is 0.381 e. The van der Waals surface area contributed by atoms with E-state index in [2.05, 4.69) is 0 Å². The monoisotopic (exact) mass is 164 g/mol. The molecule has 10 heavy (non-hydrogen) atoms. The number of rotatable bonds is 4. The van der Waals surface area contributed by atoms with Crippen molar-refractivity contribution >= 4 is 11.6 Å². The van der Waals surface area contributed by atoms with Gasteiger partial charge in [-0.05, 0) is 6.92 Å². The van der Waals surface area contributed by atoms with E-state index in [1.807, 2.05) is 6.92 Å². The summed E-state index contributed by atoms with van der Waals surface area (Å²) in [5.41, 5.74) is 0.136. The van der Waals surface area contributed by atoms with Crippen molar-refractivity contribution < 1.29 is 9.47 Å². The molecule has 1 aliphatic heterocycles. The summed E-state index contributed by atoms with van der Waals surface area (Å²) >= 11 is 5.74. The maximum absolute atomic E-state index is 5.74. The van der Waals surface area contributed by atoms with Crippen molar-refractivity contribution in [2.75, 3.05) is 32.3 Å². The van der Waals surface area contributed by atoms with Crippen molar-refractivity contribution in [3.63, 3.8) is 0 Å². The van der Waals surface area contributed by atoms with E-state index in [4.69, 9.17) is 21.1 Å². The number of hydrogen-bond acceptors (Lipinski definition) is 2. The van der Waals surface area contributed by atoms with Crippen LogP contribution < -0.4 is 0 Å². The Hall–Kier alpha value is 0.210. The molecule has 1 heterocycles. The SMILES string of the molecule is CCOCC1(CCl)COC1. The summed E-state index contributed by atoms with van der Waals surface area (Å²) in [4.78, 5) is 0. The topological polar surface area (TPSA) is 18.5 Å². The number of hydrogen-bond donors (Lipinski definition) is 0. The normalized spacial score (nSPS) is 22.2. The molecular weight excluding hydrogens is 152 g/mol. The van der Waals surface area contributed by atoms with Crippen molar-refractivity contribution in [1.82, 2.24) is 0 Å². The molecule has 0 bridgehead atoms. The van der Waals surface area contributed by atoms with Gasteiger partial charge in [-0.3, -0.25) is 0 Å². The van der Waals surface area contributed by atoms with E-state index in [0.29, 0.717) is 5.88 Å². The molecule has 0 aromatic carbocycles. The Labute approximate surface area is 66.5 Å². The Bertz CT molecular complexity index is 96.3. The Balaban J connectivity index is 2.20. The quantitative estimate of drug-likeness (QED) is 0.583. The Morgan fingerprint density at radius 3 is 2.60 bits per heavy atom. The highest BCUT2D eigenvalue weighted by molar-refractivity contribution is 6.18. The number of halogens is 1. The number of alkyl halides is 1. The van der Waals surface area contributed by atoms with Crippen molar-refractivity contribution in [3.8, 4) is 0 Å². The molecule has 3 heteroatoms. The van der Waals surface area contributed by atoms with Crippen LogP contribution in [0.1, 0.15) is 6.92 Å². The summed E-state index contributed by atoms with van der Waals surface area (Å²) in [5.74, 6) is 0.646. The van der Waals surface area contributed by atoms with Gasteiger partial charge in [0.1, 0.15) is 0 Å². The fourth-order valence-electron chi connectivity index (χ4n) is 0.908. The molecule has 0 N–H and O–H groups in total. The molecule has 0 aromatic heterocycles. The lowest BCUT2D eigenvalue weighted by Gasteiger charge is -2.39. The minimum atomic E-state index is 0.136. The first-order valence-electron chi connectivity index (χ1n) is 3.54. The summed E-state index contributed by atoms with van der Waals surface area (Å²) in [6, 6.07) is 0. The first-order valence-corrected chi connectivity index (χ1v) is 4.08. The second kappa shape index (κ2) is 3.56. The third-order valence-corrected chi connectivity index (χ3v) is 2.28. The minimum Gasteiger partial charge on any atom is -0.381 e. The second-order valence-electron chi connectivity index (χ2n) is 2.76. The van der Waals surface area contributed by atoms with Crippen LogP contribution in [0.4, 0.5) is 0 Å². The van der Waals surface area contributed by atoms with Gasteiger partial charge < -0.3 is 9.47 Å². The molecule has 1 saturated heterocycles. The molecule has 0 aromatic rings. The van der Waals surface area contributed by atoms with Gasteiger partial charge in [0.05, 0.1) is 25.2 Å². The van der Waals surface area contributed by atoms with Crippen LogP contribution in [0.5, 0.6) is 0 Å². The van der Waals surface area contributed by atoms with Crippen molar-refractivity contribution in [2.24, 2.45) is 5.41 Å². The summed E-state index contributed by atoms with van der Waals surface area (Å²) in [5, 5.41) is 0. The molecule has 0 radical (unpaired) electrons. The van der Waals surface area contributed by atoms with Crippen LogP contribution in [0.15, 0.2) is 0 Å². The van der Waals surface area contributed by atoms with Gasteiger partial charge in [-0.1, -0.05) is 0 Å². The average Bonchev–Trinajstić information content (AvgIpc) is 1.87. The molecule has 0 amide bonds. The van der Waals surface area contributed by atoms with Crippen LogP contribution >= 0.6 is 11.6 Å². The summed E-state index contributed by atoms with van der Waals surface area (Å²) in [6.45, 7) is 5.01. The van der Waals surface area contributed by atoms with Crippen molar-refractivity contribution in [2.45, 2.75) is 6.92 Å². The fraction of sp³-hybridized carbons (Fsp3) is 1.00. The molecule has 1 aliphatic rings. The van der Waals surface area contributed by atoms with E-state index in [0.717, 1.165) is 26.4 Å². The minimum absolute atomic E-state index is 0.136. The zero-order valence-corrected chi connectivity index (χ0v) is 6.99. The number of ether oxygens (including phenoxy) is 2. The van der Waals surface area contributed by atoms with Crippen molar-refractivity contribution in [3.05, 3.63) is 0 Å². The van der Waals surface area contributed by atoms with Gasteiger partial charge in [0.25, 0.3) is 0 Å². The first kappa shape index (κ1) is 8.31. The summed E-state index contributed by atoms with van der Waals surface area (Å²) in [7, 11) is 0. The molecule has 0 unspecified atom stereocenters. The van der Waals surface area contributed by atoms with Gasteiger partial charge in [-0.15, -0.1) is 11.6 Å². The summed E-state index contributed by atoms with van der Waals surface area (Å²) in [6.07, 6.45) is 0. The maximum atomic E-state index is 5.74.